The van der Waals surface area contributed by atoms with Crippen LogP contribution in [0.3, 0.4) is 0 Å². The lowest BCUT2D eigenvalue weighted by Gasteiger charge is -2.07. The molecule has 3 heterocycles. The highest BCUT2D eigenvalue weighted by molar-refractivity contribution is 7.99. The van der Waals surface area contributed by atoms with Crippen LogP contribution >= 0.6 is 11.8 Å². The molecule has 28 heavy (non-hydrogen) atoms. The highest BCUT2D eigenvalue weighted by atomic mass is 32.2. The van der Waals surface area contributed by atoms with E-state index in [1.165, 1.54) is 11.8 Å². The SMILES string of the molecule is O=C(NCc1nc(-c2ccncc2)no1)c1cccnc1Sc1ccccc1. The third-order valence-electron chi connectivity index (χ3n) is 3.78. The van der Waals surface area contributed by atoms with Gasteiger partial charge in [-0.3, -0.25) is 9.78 Å². The maximum Gasteiger partial charge on any atom is 0.254 e. The van der Waals surface area contributed by atoms with E-state index in [0.717, 1.165) is 10.5 Å². The van der Waals surface area contributed by atoms with Crippen molar-refractivity contribution >= 4 is 17.7 Å². The summed E-state index contributed by atoms with van der Waals surface area (Å²) >= 11 is 1.44. The summed E-state index contributed by atoms with van der Waals surface area (Å²) in [4.78, 5) is 26.2. The van der Waals surface area contributed by atoms with Gasteiger partial charge in [-0.2, -0.15) is 4.98 Å². The monoisotopic (exact) mass is 389 g/mol. The minimum atomic E-state index is -0.254. The Morgan fingerprint density at radius 1 is 1.00 bits per heavy atom. The van der Waals surface area contributed by atoms with Crippen LogP contribution in [0, 0.1) is 0 Å². The molecule has 0 aliphatic heterocycles. The standard InChI is InChI=1S/C20H15N5O2S/c26-19(16-7-4-10-22-20(16)28-15-5-2-1-3-6-15)23-13-17-24-18(25-27-17)14-8-11-21-12-9-14/h1-12H,13H2,(H,23,26). The second kappa shape index (κ2) is 8.45. The second-order valence-corrected chi connectivity index (χ2v) is 6.76. The number of nitrogens with one attached hydrogen (secondary N) is 1. The maximum absolute atomic E-state index is 12.6. The summed E-state index contributed by atoms with van der Waals surface area (Å²) in [6.45, 7) is 0.126. The molecular weight excluding hydrogens is 374 g/mol. The molecule has 0 bridgehead atoms. The highest BCUT2D eigenvalue weighted by Gasteiger charge is 2.15. The lowest BCUT2D eigenvalue weighted by Crippen LogP contribution is -2.23. The van der Waals surface area contributed by atoms with Crippen molar-refractivity contribution in [3.8, 4) is 11.4 Å². The molecule has 0 saturated carbocycles. The molecule has 3 aromatic heterocycles. The smallest absolute Gasteiger partial charge is 0.254 e. The van der Waals surface area contributed by atoms with E-state index in [0.29, 0.717) is 22.3 Å². The van der Waals surface area contributed by atoms with Gasteiger partial charge in [0.15, 0.2) is 0 Å². The molecule has 138 valence electrons. The van der Waals surface area contributed by atoms with Crippen LogP contribution in [0.25, 0.3) is 11.4 Å². The van der Waals surface area contributed by atoms with Gasteiger partial charge in [-0.05, 0) is 36.4 Å². The molecule has 1 aromatic carbocycles. The van der Waals surface area contributed by atoms with E-state index in [1.807, 2.05) is 30.3 Å². The summed E-state index contributed by atoms with van der Waals surface area (Å²) < 4.78 is 5.21. The fourth-order valence-corrected chi connectivity index (χ4v) is 3.34. The number of hydrogen-bond donors (Lipinski definition) is 1. The number of amides is 1. The predicted octanol–water partition coefficient (Wildman–Crippen LogP) is 3.61. The molecule has 0 fully saturated rings. The van der Waals surface area contributed by atoms with E-state index < -0.39 is 0 Å². The van der Waals surface area contributed by atoms with Crippen LogP contribution in [0.2, 0.25) is 0 Å². The van der Waals surface area contributed by atoms with Gasteiger partial charge in [-0.1, -0.05) is 35.1 Å². The normalized spacial score (nSPS) is 10.6. The first-order valence-corrected chi connectivity index (χ1v) is 9.30. The minimum Gasteiger partial charge on any atom is -0.343 e. The van der Waals surface area contributed by atoms with Gasteiger partial charge in [0.25, 0.3) is 5.91 Å². The fraction of sp³-hybridized carbons (Fsp3) is 0.0500. The Balaban J connectivity index is 1.44. The Hall–Kier alpha value is -3.52. The summed E-state index contributed by atoms with van der Waals surface area (Å²) in [6, 6.07) is 16.8. The Kier molecular flexibility index (Phi) is 5.39. The summed E-state index contributed by atoms with van der Waals surface area (Å²) in [7, 11) is 0. The van der Waals surface area contributed by atoms with Crippen molar-refractivity contribution in [1.82, 2.24) is 25.4 Å². The molecule has 7 nitrogen and oxygen atoms in total. The molecule has 0 aliphatic rings. The molecule has 8 heteroatoms. The molecule has 0 spiro atoms. The third-order valence-corrected chi connectivity index (χ3v) is 4.81. The number of carbonyl (C=O) groups excluding carboxylic acids is 1. The molecule has 0 radical (unpaired) electrons. The molecule has 0 aliphatic carbocycles. The van der Waals surface area contributed by atoms with E-state index in [2.05, 4.69) is 25.4 Å². The fourth-order valence-electron chi connectivity index (χ4n) is 2.44. The van der Waals surface area contributed by atoms with Crippen molar-refractivity contribution in [3.05, 3.63) is 84.6 Å². The summed E-state index contributed by atoms with van der Waals surface area (Å²) in [6.07, 6.45) is 4.98. The quantitative estimate of drug-likeness (QED) is 0.538. The number of benzene rings is 1. The van der Waals surface area contributed by atoms with Crippen molar-refractivity contribution in [1.29, 1.82) is 0 Å². The molecule has 0 atom stereocenters. The van der Waals surface area contributed by atoms with Gasteiger partial charge in [0.1, 0.15) is 5.03 Å². The number of pyridine rings is 2. The van der Waals surface area contributed by atoms with Crippen molar-refractivity contribution in [2.45, 2.75) is 16.5 Å². The molecule has 4 aromatic rings. The van der Waals surface area contributed by atoms with Gasteiger partial charge >= 0.3 is 0 Å². The van der Waals surface area contributed by atoms with Gasteiger partial charge in [0, 0.05) is 29.0 Å². The van der Waals surface area contributed by atoms with Gasteiger partial charge in [0.05, 0.1) is 12.1 Å². The molecule has 0 unspecified atom stereocenters. The Bertz CT molecular complexity index is 1070. The summed E-state index contributed by atoms with van der Waals surface area (Å²) in [5.74, 6) is 0.518. The van der Waals surface area contributed by atoms with Crippen molar-refractivity contribution in [3.63, 3.8) is 0 Å². The maximum atomic E-state index is 12.6. The van der Waals surface area contributed by atoms with E-state index in [4.69, 9.17) is 4.52 Å². The number of nitrogens with zero attached hydrogens (tertiary/aromatic N) is 4. The third kappa shape index (κ3) is 4.24. The zero-order valence-corrected chi connectivity index (χ0v) is 15.5. The van der Waals surface area contributed by atoms with Crippen LogP contribution in [0.5, 0.6) is 0 Å². The van der Waals surface area contributed by atoms with Crippen LogP contribution < -0.4 is 5.32 Å². The number of rotatable bonds is 6. The van der Waals surface area contributed by atoms with E-state index in [1.54, 1.807) is 42.9 Å². The van der Waals surface area contributed by atoms with Crippen LogP contribution in [0.4, 0.5) is 0 Å². The Morgan fingerprint density at radius 2 is 1.82 bits per heavy atom. The van der Waals surface area contributed by atoms with Crippen molar-refractivity contribution in [2.75, 3.05) is 0 Å². The van der Waals surface area contributed by atoms with Crippen LogP contribution in [0.1, 0.15) is 16.2 Å². The van der Waals surface area contributed by atoms with Crippen molar-refractivity contribution < 1.29 is 9.32 Å². The van der Waals surface area contributed by atoms with Gasteiger partial charge in [0.2, 0.25) is 11.7 Å². The average molecular weight is 389 g/mol. The number of aromatic nitrogens is 4. The zero-order valence-electron chi connectivity index (χ0n) is 14.6. The van der Waals surface area contributed by atoms with Gasteiger partial charge < -0.3 is 9.84 Å². The highest BCUT2D eigenvalue weighted by Crippen LogP contribution is 2.28. The second-order valence-electron chi connectivity index (χ2n) is 5.70. The lowest BCUT2D eigenvalue weighted by atomic mass is 10.2. The first-order valence-electron chi connectivity index (χ1n) is 8.49. The molecule has 4 rings (SSSR count). The Morgan fingerprint density at radius 3 is 2.64 bits per heavy atom. The summed E-state index contributed by atoms with van der Waals surface area (Å²) in [5.41, 5.74) is 1.29. The van der Waals surface area contributed by atoms with Crippen molar-refractivity contribution in [2.24, 2.45) is 0 Å². The van der Waals surface area contributed by atoms with E-state index >= 15 is 0 Å². The lowest BCUT2D eigenvalue weighted by molar-refractivity contribution is 0.0942. The Labute approximate surface area is 165 Å². The molecule has 1 amide bonds. The molecular formula is C20H15N5O2S. The molecule has 1 N–H and O–H groups in total. The topological polar surface area (TPSA) is 93.8 Å². The first kappa shape index (κ1) is 17.9. The zero-order chi connectivity index (χ0) is 19.2. The van der Waals surface area contributed by atoms with Crippen LogP contribution in [-0.2, 0) is 6.54 Å². The van der Waals surface area contributed by atoms with Crippen LogP contribution in [-0.4, -0.2) is 26.0 Å². The first-order chi connectivity index (χ1) is 13.8. The van der Waals surface area contributed by atoms with E-state index in [-0.39, 0.29) is 12.5 Å². The van der Waals surface area contributed by atoms with Gasteiger partial charge in [-0.15, -0.1) is 0 Å². The van der Waals surface area contributed by atoms with Gasteiger partial charge in [-0.25, -0.2) is 4.98 Å². The van der Waals surface area contributed by atoms with E-state index in [9.17, 15) is 4.79 Å². The molecule has 0 saturated heterocycles. The number of carbonyl (C=O) groups is 1. The average Bonchev–Trinajstić information content (AvgIpc) is 3.23. The summed E-state index contributed by atoms with van der Waals surface area (Å²) in [5, 5.41) is 7.37. The number of hydrogen-bond acceptors (Lipinski definition) is 7. The van der Waals surface area contributed by atoms with Crippen LogP contribution in [0.15, 0.2) is 87.6 Å². The predicted molar refractivity (Wildman–Crippen MR) is 104 cm³/mol. The minimum absolute atomic E-state index is 0.126. The largest absolute Gasteiger partial charge is 0.343 e.